The summed E-state index contributed by atoms with van der Waals surface area (Å²) in [5, 5.41) is 20.8. The maximum atomic E-state index is 10.7. The lowest BCUT2D eigenvalue weighted by Gasteiger charge is -2.40. The third kappa shape index (κ3) is 5.63. The van der Waals surface area contributed by atoms with Gasteiger partial charge in [-0.3, -0.25) is 14.9 Å². The topological polar surface area (TPSA) is 81.2 Å². The molecule has 1 saturated heterocycles. The van der Waals surface area contributed by atoms with E-state index in [9.17, 15) is 5.11 Å². The van der Waals surface area contributed by atoms with Crippen LogP contribution in [0.4, 0.5) is 0 Å². The minimum Gasteiger partial charge on any atom is -0.391 e. The zero-order valence-electron chi connectivity index (χ0n) is 19.0. The van der Waals surface area contributed by atoms with Crippen molar-refractivity contribution in [2.24, 2.45) is 0 Å². The van der Waals surface area contributed by atoms with Crippen molar-refractivity contribution in [2.75, 3.05) is 38.5 Å². The molecule has 1 aliphatic heterocycles. The number of halogens is 2. The Balaban J connectivity index is 1.21. The average Bonchev–Trinajstić information content (AvgIpc) is 3.36. The number of aliphatic hydroxyl groups excluding tert-OH is 1. The van der Waals surface area contributed by atoms with E-state index < -0.39 is 6.10 Å². The van der Waals surface area contributed by atoms with E-state index in [1.54, 1.807) is 6.20 Å². The highest BCUT2D eigenvalue weighted by molar-refractivity contribution is 7.99. The van der Waals surface area contributed by atoms with Gasteiger partial charge in [0.15, 0.2) is 5.65 Å². The number of H-pyrrole nitrogens is 1. The number of nitrogens with zero attached hydrogens (tertiary/aromatic N) is 5. The summed E-state index contributed by atoms with van der Waals surface area (Å²) in [4.78, 5) is 13.2. The van der Waals surface area contributed by atoms with E-state index in [2.05, 4.69) is 42.1 Å². The number of aromatic nitrogens is 4. The van der Waals surface area contributed by atoms with Gasteiger partial charge in [-0.25, -0.2) is 9.97 Å². The van der Waals surface area contributed by atoms with Crippen molar-refractivity contribution < 1.29 is 5.11 Å². The van der Waals surface area contributed by atoms with E-state index in [0.717, 1.165) is 57.8 Å². The first kappa shape index (κ1) is 24.5. The molecule has 1 atom stereocenters. The molecule has 7 nitrogen and oxygen atoms in total. The molecule has 0 aliphatic carbocycles. The minimum atomic E-state index is -0.466. The number of fused-ring (bicyclic) bond motifs is 1. The van der Waals surface area contributed by atoms with Crippen LogP contribution < -0.4 is 0 Å². The van der Waals surface area contributed by atoms with Crippen LogP contribution in [-0.2, 0) is 0 Å². The van der Waals surface area contributed by atoms with Gasteiger partial charge in [0.2, 0.25) is 0 Å². The van der Waals surface area contributed by atoms with Crippen LogP contribution in [0.2, 0.25) is 10.0 Å². The molecule has 2 aromatic carbocycles. The summed E-state index contributed by atoms with van der Waals surface area (Å²) in [6.45, 7) is 4.02. The van der Waals surface area contributed by atoms with E-state index in [4.69, 9.17) is 23.2 Å². The van der Waals surface area contributed by atoms with Crippen LogP contribution in [0.5, 0.6) is 0 Å². The van der Waals surface area contributed by atoms with E-state index >= 15 is 0 Å². The number of thioether (sulfide) groups is 1. The summed E-state index contributed by atoms with van der Waals surface area (Å²) in [5.41, 5.74) is 2.82. The number of nitrogens with one attached hydrogen (secondary N) is 1. The van der Waals surface area contributed by atoms with E-state index in [0.29, 0.717) is 17.9 Å². The second-order valence-electron chi connectivity index (χ2n) is 8.56. The van der Waals surface area contributed by atoms with Crippen LogP contribution in [0.1, 0.15) is 17.2 Å². The molecular formula is C25H26Cl2N6OS. The van der Waals surface area contributed by atoms with Gasteiger partial charge in [-0.05, 0) is 23.3 Å². The Morgan fingerprint density at radius 1 is 0.943 bits per heavy atom. The highest BCUT2D eigenvalue weighted by atomic mass is 35.5. The highest BCUT2D eigenvalue weighted by Crippen LogP contribution is 2.37. The largest absolute Gasteiger partial charge is 0.391 e. The Bertz CT molecular complexity index is 1230. The molecule has 5 rings (SSSR count). The summed E-state index contributed by atoms with van der Waals surface area (Å²) in [6, 6.07) is 15.9. The van der Waals surface area contributed by atoms with Gasteiger partial charge in [-0.2, -0.15) is 5.10 Å². The predicted molar refractivity (Wildman–Crippen MR) is 141 cm³/mol. The standard InChI is InChI=1S/C25H26Cl2N6OS/c26-21-7-3-1-5-18(21)23(19-6-2-4-8-22(19)27)33-11-9-32(10-12-33)14-17(34)15-35-25-20-13-30-31-24(20)28-16-29-25/h1-8,13,16-17,23,34H,9-12,14-15H2,(H,28,29,30,31). The summed E-state index contributed by atoms with van der Waals surface area (Å²) in [7, 11) is 0. The maximum Gasteiger partial charge on any atom is 0.159 e. The quantitative estimate of drug-likeness (QED) is 0.257. The molecule has 1 fully saturated rings. The molecule has 3 heterocycles. The molecule has 0 amide bonds. The molecule has 1 unspecified atom stereocenters. The second-order valence-corrected chi connectivity index (χ2v) is 10.4. The first-order valence-electron chi connectivity index (χ1n) is 11.5. The third-order valence-corrected chi connectivity index (χ3v) is 8.10. The molecule has 4 aromatic rings. The van der Waals surface area contributed by atoms with E-state index in [1.807, 2.05) is 36.4 Å². The van der Waals surface area contributed by atoms with Gasteiger partial charge >= 0.3 is 0 Å². The molecule has 182 valence electrons. The van der Waals surface area contributed by atoms with Crippen LogP contribution in [0.3, 0.4) is 0 Å². The fraction of sp³-hybridized carbons (Fsp3) is 0.320. The van der Waals surface area contributed by atoms with Gasteiger partial charge in [-0.1, -0.05) is 59.6 Å². The Labute approximate surface area is 218 Å². The lowest BCUT2D eigenvalue weighted by Crippen LogP contribution is -2.50. The summed E-state index contributed by atoms with van der Waals surface area (Å²) in [6.07, 6.45) is 2.77. The first-order valence-corrected chi connectivity index (χ1v) is 13.2. The molecule has 1 aliphatic rings. The molecule has 2 aromatic heterocycles. The minimum absolute atomic E-state index is 0.0184. The van der Waals surface area contributed by atoms with Gasteiger partial charge in [0.05, 0.1) is 23.7 Å². The number of hydrogen-bond acceptors (Lipinski definition) is 7. The number of rotatable bonds is 8. The molecule has 0 bridgehead atoms. The van der Waals surface area contributed by atoms with Crippen molar-refractivity contribution >= 4 is 46.0 Å². The Hall–Kier alpha value is -2.20. The smallest absolute Gasteiger partial charge is 0.159 e. The SMILES string of the molecule is OC(CSc1ncnc2[nH]ncc12)CN1CCN(C(c2ccccc2Cl)c2ccccc2Cl)CC1. The van der Waals surface area contributed by atoms with Crippen molar-refractivity contribution in [3.05, 3.63) is 82.2 Å². The second kappa shape index (κ2) is 11.2. The van der Waals surface area contributed by atoms with Crippen molar-refractivity contribution in [1.29, 1.82) is 0 Å². The summed E-state index contributed by atoms with van der Waals surface area (Å²) >= 11 is 14.8. The average molecular weight is 529 g/mol. The molecule has 0 radical (unpaired) electrons. The summed E-state index contributed by atoms with van der Waals surface area (Å²) in [5.74, 6) is 0.555. The Morgan fingerprint density at radius 3 is 2.26 bits per heavy atom. The van der Waals surface area contributed by atoms with Crippen LogP contribution in [0.15, 0.2) is 66.1 Å². The molecule has 0 saturated carbocycles. The number of aromatic amines is 1. The zero-order chi connectivity index (χ0) is 24.2. The van der Waals surface area contributed by atoms with Crippen LogP contribution in [0.25, 0.3) is 11.0 Å². The molecule has 10 heteroatoms. The van der Waals surface area contributed by atoms with E-state index in [1.165, 1.54) is 18.1 Å². The van der Waals surface area contributed by atoms with Crippen LogP contribution in [-0.4, -0.2) is 79.7 Å². The van der Waals surface area contributed by atoms with Crippen LogP contribution >= 0.6 is 35.0 Å². The van der Waals surface area contributed by atoms with Gasteiger partial charge in [-0.15, -0.1) is 11.8 Å². The fourth-order valence-electron chi connectivity index (χ4n) is 4.54. The number of benzene rings is 2. The van der Waals surface area contributed by atoms with E-state index in [-0.39, 0.29) is 6.04 Å². The number of β-amino-alcohol motifs (C(OH)–C–C–N with tert-alkyl or cyclic N) is 1. The zero-order valence-corrected chi connectivity index (χ0v) is 21.3. The maximum absolute atomic E-state index is 10.7. The van der Waals surface area contributed by atoms with Crippen molar-refractivity contribution in [3.8, 4) is 0 Å². The number of hydrogen-bond donors (Lipinski definition) is 2. The molecular weight excluding hydrogens is 503 g/mol. The third-order valence-electron chi connectivity index (χ3n) is 6.26. The first-order chi connectivity index (χ1) is 17.1. The number of piperazine rings is 1. The molecule has 2 N–H and O–H groups in total. The predicted octanol–water partition coefficient (Wildman–Crippen LogP) is 4.52. The van der Waals surface area contributed by atoms with Gasteiger partial charge < -0.3 is 5.11 Å². The van der Waals surface area contributed by atoms with Crippen LogP contribution in [0, 0.1) is 0 Å². The van der Waals surface area contributed by atoms with Crippen molar-refractivity contribution in [3.63, 3.8) is 0 Å². The fourth-order valence-corrected chi connectivity index (χ4v) is 5.90. The number of aliphatic hydroxyl groups is 1. The summed E-state index contributed by atoms with van der Waals surface area (Å²) < 4.78 is 0. The monoisotopic (exact) mass is 528 g/mol. The highest BCUT2D eigenvalue weighted by Gasteiger charge is 2.29. The van der Waals surface area contributed by atoms with Gasteiger partial charge in [0.25, 0.3) is 0 Å². The van der Waals surface area contributed by atoms with Gasteiger partial charge in [0.1, 0.15) is 11.4 Å². The molecule has 35 heavy (non-hydrogen) atoms. The van der Waals surface area contributed by atoms with Crippen molar-refractivity contribution in [2.45, 2.75) is 17.2 Å². The van der Waals surface area contributed by atoms with Crippen molar-refractivity contribution in [1.82, 2.24) is 30.0 Å². The normalized spacial score (nSPS) is 16.2. The Morgan fingerprint density at radius 2 is 1.60 bits per heavy atom. The molecule has 0 spiro atoms. The lowest BCUT2D eigenvalue weighted by molar-refractivity contribution is 0.0708. The Kier molecular flexibility index (Phi) is 7.87. The van der Waals surface area contributed by atoms with Gasteiger partial charge in [0, 0.05) is 48.5 Å². The lowest BCUT2D eigenvalue weighted by atomic mass is 9.96.